The molecule has 1 aliphatic heterocycles. The maximum absolute atomic E-state index is 14.0. The van der Waals surface area contributed by atoms with Crippen LogP contribution in [0.5, 0.6) is 0 Å². The summed E-state index contributed by atoms with van der Waals surface area (Å²) in [5.74, 6) is -6.50. The Balaban J connectivity index is 2.28. The van der Waals surface area contributed by atoms with Crippen LogP contribution in [0.1, 0.15) is 0 Å². The number of hydrogen-bond donors (Lipinski definition) is 2. The van der Waals surface area contributed by atoms with E-state index in [0.717, 1.165) is 12.2 Å². The minimum Gasteiger partial charge on any atom is -0.497 e. The Morgan fingerprint density at radius 1 is 1.58 bits per heavy atom. The molecule has 4 atom stereocenters. The molecule has 0 aromatic carbocycles. The summed E-state index contributed by atoms with van der Waals surface area (Å²) in [6, 6.07) is 0. The van der Waals surface area contributed by atoms with Gasteiger partial charge < -0.3 is 15.2 Å². The number of methoxy groups -OCH3 is 1. The molecule has 104 valence electrons. The van der Waals surface area contributed by atoms with Crippen LogP contribution < -0.4 is 5.32 Å². The van der Waals surface area contributed by atoms with Crippen LogP contribution in [-0.4, -0.2) is 36.8 Å². The number of rotatable bonds is 3. The van der Waals surface area contributed by atoms with E-state index in [0.29, 0.717) is 0 Å². The molecule has 19 heavy (non-hydrogen) atoms. The highest BCUT2D eigenvalue weighted by atomic mass is 19.1. The van der Waals surface area contributed by atoms with Gasteiger partial charge in [0.25, 0.3) is 0 Å². The van der Waals surface area contributed by atoms with E-state index in [2.05, 4.69) is 5.32 Å². The summed E-state index contributed by atoms with van der Waals surface area (Å²) in [5, 5.41) is 11.3. The highest BCUT2D eigenvalue weighted by molar-refractivity contribution is 5.99. The van der Waals surface area contributed by atoms with Gasteiger partial charge in [-0.3, -0.25) is 9.59 Å². The molecule has 2 unspecified atom stereocenters. The Hall–Kier alpha value is -1.92. The van der Waals surface area contributed by atoms with Crippen molar-refractivity contribution in [1.29, 1.82) is 0 Å². The zero-order valence-corrected chi connectivity index (χ0v) is 10.1. The first kappa shape index (κ1) is 13.5. The lowest BCUT2D eigenvalue weighted by molar-refractivity contribution is -0.147. The van der Waals surface area contributed by atoms with Crippen molar-refractivity contribution in [2.24, 2.45) is 17.8 Å². The minimum absolute atomic E-state index is 0.0467. The Kier molecular flexibility index (Phi) is 3.55. The molecular formula is C12H13F2NO4. The number of hydrogen-bond acceptors (Lipinski definition) is 3. The topological polar surface area (TPSA) is 75.6 Å². The van der Waals surface area contributed by atoms with Gasteiger partial charge >= 0.3 is 5.97 Å². The third-order valence-electron chi connectivity index (χ3n) is 3.45. The van der Waals surface area contributed by atoms with E-state index in [1.54, 1.807) is 0 Å². The lowest BCUT2D eigenvalue weighted by Crippen LogP contribution is -2.36. The maximum Gasteiger partial charge on any atom is 0.316 e. The second-order valence-corrected chi connectivity index (χ2v) is 4.50. The standard InChI is InChI=1S/C12H13F2NO4/c1-19-5-2-7(13)9(8(14)3-5)6-4-15-11(16)10(6)12(17)18/h2-3,6-7,9-10H,4H2,1H3,(H,15,16)(H,17,18)/t6-,7?,9?,10-/m0/s1. The summed E-state index contributed by atoms with van der Waals surface area (Å²) in [5.41, 5.74) is 0. The Morgan fingerprint density at radius 2 is 2.26 bits per heavy atom. The summed E-state index contributed by atoms with van der Waals surface area (Å²) in [4.78, 5) is 22.4. The highest BCUT2D eigenvalue weighted by Gasteiger charge is 2.48. The fourth-order valence-corrected chi connectivity index (χ4v) is 2.53. The third kappa shape index (κ3) is 2.32. The van der Waals surface area contributed by atoms with Gasteiger partial charge in [-0.1, -0.05) is 0 Å². The zero-order valence-electron chi connectivity index (χ0n) is 10.1. The smallest absolute Gasteiger partial charge is 0.316 e. The van der Waals surface area contributed by atoms with E-state index in [1.165, 1.54) is 7.11 Å². The van der Waals surface area contributed by atoms with Gasteiger partial charge in [-0.05, 0) is 6.08 Å². The fourth-order valence-electron chi connectivity index (χ4n) is 2.53. The summed E-state index contributed by atoms with van der Waals surface area (Å²) in [6.45, 7) is -0.0572. The molecule has 2 aliphatic rings. The molecule has 0 bridgehead atoms. The van der Waals surface area contributed by atoms with Crippen molar-refractivity contribution < 1.29 is 28.2 Å². The van der Waals surface area contributed by atoms with Gasteiger partial charge in [-0.15, -0.1) is 0 Å². The Morgan fingerprint density at radius 3 is 2.79 bits per heavy atom. The molecule has 0 aromatic rings. The predicted molar refractivity (Wildman–Crippen MR) is 60.3 cm³/mol. The lowest BCUT2D eigenvalue weighted by atomic mass is 9.78. The van der Waals surface area contributed by atoms with Crippen molar-refractivity contribution in [1.82, 2.24) is 5.32 Å². The van der Waals surface area contributed by atoms with Gasteiger partial charge in [-0.25, -0.2) is 8.78 Å². The van der Waals surface area contributed by atoms with E-state index in [-0.39, 0.29) is 12.3 Å². The number of carboxylic acids is 1. The fraction of sp³-hybridized carbons (Fsp3) is 0.500. The first-order valence-corrected chi connectivity index (χ1v) is 5.73. The minimum atomic E-state index is -1.72. The molecule has 1 aliphatic carbocycles. The van der Waals surface area contributed by atoms with E-state index in [4.69, 9.17) is 9.84 Å². The number of aliphatic carboxylic acids is 1. The molecule has 1 saturated heterocycles. The zero-order chi connectivity index (χ0) is 14.2. The number of ether oxygens (including phenoxy) is 1. The van der Waals surface area contributed by atoms with Crippen LogP contribution in [-0.2, 0) is 14.3 Å². The Labute approximate surface area is 107 Å². The summed E-state index contributed by atoms with van der Waals surface area (Å²) in [6.07, 6.45) is 0.372. The SMILES string of the molecule is COC1=CC(F)C([C@@H]2CNC(=O)[C@H]2C(=O)O)C(F)=C1. The van der Waals surface area contributed by atoms with E-state index < -0.39 is 41.6 Å². The normalized spacial score (nSPS) is 34.4. The van der Waals surface area contributed by atoms with Gasteiger partial charge in [0.2, 0.25) is 5.91 Å². The number of amides is 1. The molecule has 7 heteroatoms. The predicted octanol–water partition coefficient (Wildman–Crippen LogP) is 0.785. The van der Waals surface area contributed by atoms with Crippen LogP contribution in [0.4, 0.5) is 8.78 Å². The van der Waals surface area contributed by atoms with Gasteiger partial charge in [0, 0.05) is 18.5 Å². The van der Waals surface area contributed by atoms with E-state index >= 15 is 0 Å². The number of alkyl halides is 1. The van der Waals surface area contributed by atoms with Crippen LogP contribution in [0.15, 0.2) is 23.7 Å². The van der Waals surface area contributed by atoms with Crippen molar-refractivity contribution in [2.45, 2.75) is 6.17 Å². The summed E-state index contributed by atoms with van der Waals surface area (Å²) < 4.78 is 32.6. The second-order valence-electron chi connectivity index (χ2n) is 4.50. The van der Waals surface area contributed by atoms with Crippen LogP contribution in [0.2, 0.25) is 0 Å². The Bertz CT molecular complexity index is 474. The molecule has 0 radical (unpaired) electrons. The molecular weight excluding hydrogens is 260 g/mol. The molecule has 5 nitrogen and oxygen atoms in total. The van der Waals surface area contributed by atoms with Crippen LogP contribution in [0.3, 0.4) is 0 Å². The lowest BCUT2D eigenvalue weighted by Gasteiger charge is -2.28. The molecule has 1 heterocycles. The molecule has 0 spiro atoms. The van der Waals surface area contributed by atoms with Crippen molar-refractivity contribution in [2.75, 3.05) is 13.7 Å². The van der Waals surface area contributed by atoms with E-state index in [9.17, 15) is 18.4 Å². The van der Waals surface area contributed by atoms with Crippen LogP contribution >= 0.6 is 0 Å². The van der Waals surface area contributed by atoms with Crippen molar-refractivity contribution in [3.05, 3.63) is 23.7 Å². The summed E-state index contributed by atoms with van der Waals surface area (Å²) in [7, 11) is 1.28. The van der Waals surface area contributed by atoms with Gasteiger partial charge in [0.05, 0.1) is 13.0 Å². The van der Waals surface area contributed by atoms with Crippen LogP contribution in [0, 0.1) is 17.8 Å². The number of nitrogens with one attached hydrogen (secondary N) is 1. The van der Waals surface area contributed by atoms with Crippen LogP contribution in [0.25, 0.3) is 0 Å². The molecule has 2 rings (SSSR count). The first-order valence-electron chi connectivity index (χ1n) is 5.73. The molecule has 0 saturated carbocycles. The average molecular weight is 273 g/mol. The van der Waals surface area contributed by atoms with Crippen molar-refractivity contribution in [3.8, 4) is 0 Å². The number of carbonyl (C=O) groups excluding carboxylic acids is 1. The average Bonchev–Trinajstić information content (AvgIpc) is 2.70. The molecule has 1 amide bonds. The molecule has 2 N–H and O–H groups in total. The molecule has 1 fully saturated rings. The largest absolute Gasteiger partial charge is 0.497 e. The third-order valence-corrected chi connectivity index (χ3v) is 3.45. The maximum atomic E-state index is 14.0. The number of carbonyl (C=O) groups is 2. The number of allylic oxidation sites excluding steroid dienone is 3. The summed E-state index contributed by atoms with van der Waals surface area (Å²) >= 11 is 0. The van der Waals surface area contributed by atoms with Gasteiger partial charge in [0.15, 0.2) is 0 Å². The number of carboxylic acid groups (broad SMARTS) is 1. The van der Waals surface area contributed by atoms with Gasteiger partial charge in [-0.2, -0.15) is 0 Å². The monoisotopic (exact) mass is 273 g/mol. The second kappa shape index (κ2) is 4.99. The molecule has 0 aromatic heterocycles. The van der Waals surface area contributed by atoms with Crippen molar-refractivity contribution >= 4 is 11.9 Å². The highest BCUT2D eigenvalue weighted by Crippen LogP contribution is 2.39. The van der Waals surface area contributed by atoms with Gasteiger partial charge in [0.1, 0.15) is 23.7 Å². The van der Waals surface area contributed by atoms with Crippen molar-refractivity contribution in [3.63, 3.8) is 0 Å². The number of halogens is 2. The first-order chi connectivity index (χ1) is 8.95. The van der Waals surface area contributed by atoms with E-state index in [1.807, 2.05) is 0 Å². The quantitative estimate of drug-likeness (QED) is 0.745.